The summed E-state index contributed by atoms with van der Waals surface area (Å²) in [7, 11) is 1.00. The fraction of sp³-hybridized carbons (Fsp3) is 0.519. The van der Waals surface area contributed by atoms with Crippen LogP contribution in [0, 0.1) is 11.8 Å². The number of hydrogen-bond donors (Lipinski definition) is 2. The van der Waals surface area contributed by atoms with Crippen molar-refractivity contribution in [2.75, 3.05) is 12.8 Å². The second-order valence-corrected chi connectivity index (χ2v) is 10.7. The maximum absolute atomic E-state index is 8.81. The lowest BCUT2D eigenvalue weighted by Gasteiger charge is -2.38. The van der Waals surface area contributed by atoms with Gasteiger partial charge in [-0.3, -0.25) is 0 Å². The van der Waals surface area contributed by atoms with Crippen molar-refractivity contribution in [1.29, 1.82) is 0 Å². The van der Waals surface area contributed by atoms with Gasteiger partial charge in [0.1, 0.15) is 12.4 Å². The number of allylic oxidation sites excluding steroid dienone is 1. The first-order chi connectivity index (χ1) is 17.1. The Kier molecular flexibility index (Phi) is 11.3. The van der Waals surface area contributed by atoms with E-state index in [1.54, 1.807) is 11.8 Å². The van der Waals surface area contributed by atoms with Crippen molar-refractivity contribution in [1.82, 2.24) is 15.0 Å². The molecule has 1 fully saturated rings. The molecule has 3 atom stereocenters. The van der Waals surface area contributed by atoms with Crippen LogP contribution < -0.4 is 10.5 Å². The maximum Gasteiger partial charge on any atom is 0.322 e. The minimum atomic E-state index is -0.277. The predicted octanol–water partition coefficient (Wildman–Crippen LogP) is 5.24. The van der Waals surface area contributed by atoms with E-state index in [-0.39, 0.29) is 36.4 Å². The molecule has 0 bridgehead atoms. The van der Waals surface area contributed by atoms with E-state index in [9.17, 15) is 0 Å². The number of carbonyl (C=O) groups excluding carboxylic acids is 1. The minimum Gasteiger partial charge on any atom is -0.457 e. The molecular weight excluding hydrogens is 476 g/mol. The topological polar surface area (TPSA) is 120 Å². The summed E-state index contributed by atoms with van der Waals surface area (Å²) in [5.74, 6) is 2.00. The average Bonchev–Trinajstić information content (AvgIpc) is 3.61. The SMILES string of the molecule is CC(C)C[C@@H](Oc1nc(N)nc(SC(C)c2ccccc2)n1)[C@@H]1C[C]2C=C2C(C)(C)O1.CC=O.CO.[HH]. The Morgan fingerprint density at radius 2 is 1.86 bits per heavy atom. The number of aromatic nitrogens is 3. The summed E-state index contributed by atoms with van der Waals surface area (Å²) in [6.45, 7) is 12.2. The Hall–Kier alpha value is -2.49. The number of carbonyl (C=O) groups is 1. The number of aldehydes is 1. The third-order valence-electron chi connectivity index (χ3n) is 5.63. The van der Waals surface area contributed by atoms with Gasteiger partial charge in [-0.1, -0.05) is 62.0 Å². The molecule has 0 amide bonds. The molecule has 1 aliphatic carbocycles. The monoisotopic (exact) mass is 517 g/mol. The molecular formula is C27H41N4O4S. The first kappa shape index (κ1) is 29.7. The number of benzene rings is 1. The van der Waals surface area contributed by atoms with Crippen LogP contribution in [0.15, 0.2) is 47.1 Å². The van der Waals surface area contributed by atoms with E-state index in [1.165, 1.54) is 24.0 Å². The van der Waals surface area contributed by atoms with Crippen molar-refractivity contribution in [3.8, 4) is 6.01 Å². The Labute approximate surface area is 220 Å². The Balaban J connectivity index is 0.00000106. The second-order valence-electron chi connectivity index (χ2n) is 9.41. The van der Waals surface area contributed by atoms with Gasteiger partial charge in [0.05, 0.1) is 11.7 Å². The zero-order valence-corrected chi connectivity index (χ0v) is 23.1. The smallest absolute Gasteiger partial charge is 0.322 e. The standard InChI is InChI=1S/C24H31N4O2S.C2H4O.CH4O.H2/c1-14(2)11-19(20-13-17-12-18(17)24(4,5)30-20)29-22-26-21(25)27-23(28-22)31-15(3)16-9-7-6-8-10-16;1-2-3;1-2;/h6-10,12,14-15,19-20H,11,13H2,1-5H3,(H2,25,26,27,28);2H,1H3;2H,1H3;1H/t15?,19-,20+;;;/m1.../s1. The number of fused-ring (bicyclic) bond motifs is 1. The number of nitrogens with zero attached hydrogens (tertiary/aromatic N) is 3. The third-order valence-corrected chi connectivity index (χ3v) is 6.65. The maximum atomic E-state index is 8.81. The van der Waals surface area contributed by atoms with Crippen LogP contribution in [-0.4, -0.2) is 51.3 Å². The molecule has 0 spiro atoms. The number of rotatable bonds is 8. The van der Waals surface area contributed by atoms with Crippen LogP contribution in [0.5, 0.6) is 6.01 Å². The Morgan fingerprint density at radius 3 is 2.44 bits per heavy atom. The van der Waals surface area contributed by atoms with Gasteiger partial charge in [0.2, 0.25) is 5.95 Å². The molecule has 4 rings (SSSR count). The number of aliphatic hydroxyl groups is 1. The Morgan fingerprint density at radius 1 is 1.22 bits per heavy atom. The summed E-state index contributed by atoms with van der Waals surface area (Å²) in [6.07, 6.45) is 4.48. The van der Waals surface area contributed by atoms with E-state index in [2.05, 4.69) is 67.8 Å². The van der Waals surface area contributed by atoms with Gasteiger partial charge in [-0.05, 0) is 57.6 Å². The zero-order valence-electron chi connectivity index (χ0n) is 22.3. The second kappa shape index (κ2) is 13.7. The minimum absolute atomic E-state index is 0. The van der Waals surface area contributed by atoms with Crippen LogP contribution in [0.3, 0.4) is 0 Å². The molecule has 0 saturated carbocycles. The summed E-state index contributed by atoms with van der Waals surface area (Å²) in [4.78, 5) is 22.0. The van der Waals surface area contributed by atoms with Crippen LogP contribution in [0.2, 0.25) is 0 Å². The van der Waals surface area contributed by atoms with Gasteiger partial charge in [-0.2, -0.15) is 15.0 Å². The molecule has 1 aromatic heterocycles. The largest absolute Gasteiger partial charge is 0.457 e. The summed E-state index contributed by atoms with van der Waals surface area (Å²) < 4.78 is 12.7. The fourth-order valence-corrected chi connectivity index (χ4v) is 4.95. The van der Waals surface area contributed by atoms with Crippen LogP contribution >= 0.6 is 11.8 Å². The fourth-order valence-electron chi connectivity index (χ4n) is 4.06. The number of ether oxygens (including phenoxy) is 2. The molecule has 2 heterocycles. The molecule has 8 nitrogen and oxygen atoms in total. The van der Waals surface area contributed by atoms with Gasteiger partial charge >= 0.3 is 6.01 Å². The Bertz CT molecular complexity index is 1010. The van der Waals surface area contributed by atoms with E-state index < -0.39 is 0 Å². The molecule has 36 heavy (non-hydrogen) atoms. The van der Waals surface area contributed by atoms with Crippen LogP contribution in [0.4, 0.5) is 5.95 Å². The van der Waals surface area contributed by atoms with E-state index in [4.69, 9.17) is 25.1 Å². The molecule has 1 aliphatic heterocycles. The summed E-state index contributed by atoms with van der Waals surface area (Å²) in [5, 5.41) is 7.74. The van der Waals surface area contributed by atoms with Crippen molar-refractivity contribution < 1.29 is 20.8 Å². The molecule has 2 aliphatic rings. The first-order valence-corrected chi connectivity index (χ1v) is 13.0. The highest BCUT2D eigenvalue weighted by Crippen LogP contribution is 2.51. The van der Waals surface area contributed by atoms with Crippen molar-refractivity contribution in [3.63, 3.8) is 0 Å². The van der Waals surface area contributed by atoms with Gasteiger partial charge in [0.25, 0.3) is 0 Å². The number of anilines is 1. The zero-order chi connectivity index (χ0) is 26.9. The number of thioether (sulfide) groups is 1. The predicted molar refractivity (Wildman–Crippen MR) is 146 cm³/mol. The average molecular weight is 518 g/mol. The number of hydrogen-bond acceptors (Lipinski definition) is 9. The van der Waals surface area contributed by atoms with Crippen molar-refractivity contribution in [2.24, 2.45) is 5.92 Å². The number of nitrogen functional groups attached to an aromatic ring is 1. The van der Waals surface area contributed by atoms with E-state index in [0.717, 1.165) is 26.2 Å². The molecule has 3 N–H and O–H groups in total. The van der Waals surface area contributed by atoms with Gasteiger partial charge < -0.3 is 25.1 Å². The number of nitrogens with two attached hydrogens (primary N) is 1. The van der Waals surface area contributed by atoms with Gasteiger partial charge in [-0.25, -0.2) is 0 Å². The summed E-state index contributed by atoms with van der Waals surface area (Å²) in [6, 6.07) is 10.5. The van der Waals surface area contributed by atoms with Gasteiger partial charge in [0.15, 0.2) is 5.16 Å². The summed E-state index contributed by atoms with van der Waals surface area (Å²) >= 11 is 1.54. The van der Waals surface area contributed by atoms with Crippen molar-refractivity contribution >= 4 is 24.0 Å². The van der Waals surface area contributed by atoms with Crippen LogP contribution in [0.1, 0.15) is 66.6 Å². The summed E-state index contributed by atoms with van der Waals surface area (Å²) in [5.41, 5.74) is 8.25. The molecule has 1 saturated heterocycles. The normalized spacial score (nSPS) is 19.4. The highest BCUT2D eigenvalue weighted by molar-refractivity contribution is 7.99. The molecule has 199 valence electrons. The van der Waals surface area contributed by atoms with Gasteiger partial charge in [0, 0.05) is 19.7 Å². The van der Waals surface area contributed by atoms with Crippen molar-refractivity contribution in [2.45, 2.75) is 82.6 Å². The quantitative estimate of drug-likeness (QED) is 0.357. The highest BCUT2D eigenvalue weighted by Gasteiger charge is 2.48. The molecule has 2 aromatic rings. The first-order valence-electron chi connectivity index (χ1n) is 12.1. The molecule has 1 aromatic carbocycles. The van der Waals surface area contributed by atoms with E-state index >= 15 is 0 Å². The van der Waals surface area contributed by atoms with E-state index in [1.807, 2.05) is 18.2 Å². The van der Waals surface area contributed by atoms with Crippen molar-refractivity contribution in [3.05, 3.63) is 53.5 Å². The highest BCUT2D eigenvalue weighted by atomic mass is 32.2. The number of aliphatic hydroxyl groups excluding tert-OH is 1. The molecule has 9 heteroatoms. The van der Waals surface area contributed by atoms with Crippen LogP contribution in [-0.2, 0) is 9.53 Å². The third kappa shape index (κ3) is 8.57. The molecule has 1 radical (unpaired) electrons. The van der Waals surface area contributed by atoms with Crippen LogP contribution in [0.25, 0.3) is 0 Å². The lowest BCUT2D eigenvalue weighted by Crippen LogP contribution is -2.44. The lowest BCUT2D eigenvalue weighted by molar-refractivity contribution is -0.109. The van der Waals surface area contributed by atoms with E-state index in [0.29, 0.717) is 11.1 Å². The van der Waals surface area contributed by atoms with Gasteiger partial charge in [-0.15, -0.1) is 0 Å². The lowest BCUT2D eigenvalue weighted by atomic mass is 9.90. The molecule has 1 unspecified atom stereocenters.